The second kappa shape index (κ2) is 12.7. The smallest absolute Gasteiger partial charge is 0.350 e. The highest BCUT2D eigenvalue weighted by Crippen LogP contribution is 2.24. The molecule has 160 valence electrons. The van der Waals surface area contributed by atoms with Crippen molar-refractivity contribution in [1.82, 2.24) is 15.6 Å². The molecule has 1 aromatic rings. The summed E-state index contributed by atoms with van der Waals surface area (Å²) in [7, 11) is 0. The van der Waals surface area contributed by atoms with E-state index >= 15 is 0 Å². The van der Waals surface area contributed by atoms with Crippen LogP contribution in [0.1, 0.15) is 74.4 Å². The summed E-state index contributed by atoms with van der Waals surface area (Å²) in [5, 5.41) is 7.47. The summed E-state index contributed by atoms with van der Waals surface area (Å²) in [6, 6.07) is -0.0718. The number of aliphatic imine (C=N–C) groups is 1. The van der Waals surface area contributed by atoms with E-state index < -0.39 is 0 Å². The second-order valence-corrected chi connectivity index (χ2v) is 7.87. The Morgan fingerprint density at radius 2 is 1.93 bits per heavy atom. The summed E-state index contributed by atoms with van der Waals surface area (Å²) in [5.74, 6) is 0.885. The van der Waals surface area contributed by atoms with Crippen molar-refractivity contribution in [1.29, 1.82) is 0 Å². The zero-order chi connectivity index (χ0) is 21.1. The maximum absolute atomic E-state index is 12.0. The first-order chi connectivity index (χ1) is 13.3. The number of hydrogen-bond donors (Lipinski definition) is 2. The summed E-state index contributed by atoms with van der Waals surface area (Å²) < 4.78 is 10.9. The van der Waals surface area contributed by atoms with Gasteiger partial charge in [-0.3, -0.25) is 4.99 Å². The molecule has 0 aromatic carbocycles. The van der Waals surface area contributed by atoms with E-state index in [1.165, 1.54) is 11.3 Å². The van der Waals surface area contributed by atoms with E-state index in [0.29, 0.717) is 36.2 Å². The first kappa shape index (κ1) is 24.4. The van der Waals surface area contributed by atoms with Gasteiger partial charge in [-0.15, -0.1) is 11.3 Å². The highest BCUT2D eigenvalue weighted by molar-refractivity contribution is 7.13. The topological polar surface area (TPSA) is 84.8 Å². The summed E-state index contributed by atoms with van der Waals surface area (Å²) in [4.78, 5) is 21.8. The molecule has 0 radical (unpaired) electrons. The number of carbonyl (C=O) groups excluding carboxylic acids is 1. The van der Waals surface area contributed by atoms with Gasteiger partial charge in [0.25, 0.3) is 0 Å². The average molecular weight is 413 g/mol. The molecule has 1 aromatic heterocycles. The Bertz CT molecular complexity index is 631. The van der Waals surface area contributed by atoms with Crippen molar-refractivity contribution < 1.29 is 14.3 Å². The Morgan fingerprint density at radius 3 is 2.50 bits per heavy atom. The van der Waals surface area contributed by atoms with Crippen LogP contribution in [0.15, 0.2) is 4.99 Å². The lowest BCUT2D eigenvalue weighted by molar-refractivity contribution is 0.0266. The fraction of sp³-hybridized carbons (Fsp3) is 0.750. The lowest BCUT2D eigenvalue weighted by Crippen LogP contribution is -2.39. The minimum Gasteiger partial charge on any atom is -0.462 e. The second-order valence-electron chi connectivity index (χ2n) is 6.84. The van der Waals surface area contributed by atoms with Gasteiger partial charge in [0.2, 0.25) is 0 Å². The van der Waals surface area contributed by atoms with Crippen LogP contribution in [0.25, 0.3) is 0 Å². The minimum absolute atomic E-state index is 0.0718. The van der Waals surface area contributed by atoms with Crippen molar-refractivity contribution in [3.63, 3.8) is 0 Å². The van der Waals surface area contributed by atoms with Crippen LogP contribution in [0.5, 0.6) is 0 Å². The zero-order valence-electron chi connectivity index (χ0n) is 18.3. The third kappa shape index (κ3) is 7.75. The maximum atomic E-state index is 12.0. The van der Waals surface area contributed by atoms with E-state index in [9.17, 15) is 4.79 Å². The number of aromatic nitrogens is 1. The van der Waals surface area contributed by atoms with Crippen LogP contribution in [0.3, 0.4) is 0 Å². The third-order valence-corrected chi connectivity index (χ3v) is 5.47. The molecule has 0 aliphatic carbocycles. The lowest BCUT2D eigenvalue weighted by atomic mass is 10.0. The quantitative estimate of drug-likeness (QED) is 0.327. The number of esters is 1. The Morgan fingerprint density at radius 1 is 1.21 bits per heavy atom. The number of nitrogens with one attached hydrogen (secondary N) is 2. The molecule has 0 saturated carbocycles. The van der Waals surface area contributed by atoms with E-state index in [2.05, 4.69) is 34.5 Å². The molecule has 0 saturated heterocycles. The van der Waals surface area contributed by atoms with Gasteiger partial charge in [-0.1, -0.05) is 13.8 Å². The van der Waals surface area contributed by atoms with E-state index in [1.807, 2.05) is 27.7 Å². The van der Waals surface area contributed by atoms with Crippen LogP contribution >= 0.6 is 11.3 Å². The predicted molar refractivity (Wildman–Crippen MR) is 115 cm³/mol. The summed E-state index contributed by atoms with van der Waals surface area (Å²) in [6.45, 7) is 16.5. The monoisotopic (exact) mass is 412 g/mol. The summed E-state index contributed by atoms with van der Waals surface area (Å²) in [5.41, 5.74) is 0.700. The number of thiazole rings is 1. The number of nitrogens with zero attached hydrogens (tertiary/aromatic N) is 2. The van der Waals surface area contributed by atoms with Gasteiger partial charge in [0.05, 0.1) is 24.4 Å². The molecule has 1 rings (SSSR count). The molecule has 8 heteroatoms. The van der Waals surface area contributed by atoms with E-state index in [4.69, 9.17) is 9.47 Å². The van der Waals surface area contributed by atoms with Gasteiger partial charge in [0.1, 0.15) is 9.88 Å². The number of aryl methyl sites for hydroxylation is 1. The lowest BCUT2D eigenvalue weighted by Gasteiger charge is -2.20. The zero-order valence-corrected chi connectivity index (χ0v) is 19.1. The van der Waals surface area contributed by atoms with E-state index in [1.54, 1.807) is 6.92 Å². The number of carbonyl (C=O) groups is 1. The molecule has 7 nitrogen and oxygen atoms in total. The van der Waals surface area contributed by atoms with E-state index in [-0.39, 0.29) is 18.1 Å². The Balaban J connectivity index is 2.77. The van der Waals surface area contributed by atoms with E-state index in [0.717, 1.165) is 23.9 Å². The molecule has 2 unspecified atom stereocenters. The molecular weight excluding hydrogens is 376 g/mol. The summed E-state index contributed by atoms with van der Waals surface area (Å²) >= 11 is 1.36. The summed E-state index contributed by atoms with van der Waals surface area (Å²) in [6.07, 6.45) is 1.09. The van der Waals surface area contributed by atoms with Crippen molar-refractivity contribution in [2.24, 2.45) is 10.9 Å². The number of rotatable bonds is 11. The average Bonchev–Trinajstić information content (AvgIpc) is 3.03. The predicted octanol–water partition coefficient (Wildman–Crippen LogP) is 3.70. The minimum atomic E-state index is -0.313. The fourth-order valence-corrected chi connectivity index (χ4v) is 3.67. The fourth-order valence-electron chi connectivity index (χ4n) is 2.70. The maximum Gasteiger partial charge on any atom is 0.350 e. The molecule has 0 aliphatic rings. The third-order valence-electron chi connectivity index (χ3n) is 4.15. The SMILES string of the molecule is CCNC(=NCCC(OCC)C(C)C)NC(C)c1nc(C)c(C(=O)OCC)s1. The molecule has 0 aliphatic heterocycles. The molecule has 2 atom stereocenters. The van der Waals surface area contributed by atoms with Crippen molar-refractivity contribution in [3.05, 3.63) is 15.6 Å². The molecule has 0 amide bonds. The molecule has 0 fully saturated rings. The van der Waals surface area contributed by atoms with Crippen LogP contribution in [-0.2, 0) is 9.47 Å². The first-order valence-electron chi connectivity index (χ1n) is 10.1. The van der Waals surface area contributed by atoms with Crippen molar-refractivity contribution >= 4 is 23.3 Å². The normalized spacial score (nSPS) is 14.1. The van der Waals surface area contributed by atoms with Crippen LogP contribution in [-0.4, -0.2) is 49.3 Å². The Labute approximate surface area is 173 Å². The Kier molecular flexibility index (Phi) is 11.1. The number of hydrogen-bond acceptors (Lipinski definition) is 6. The molecule has 1 heterocycles. The van der Waals surface area contributed by atoms with Crippen LogP contribution < -0.4 is 10.6 Å². The molecule has 0 spiro atoms. The van der Waals surface area contributed by atoms with Gasteiger partial charge in [-0.2, -0.15) is 0 Å². The van der Waals surface area contributed by atoms with Crippen LogP contribution in [0.2, 0.25) is 0 Å². The highest BCUT2D eigenvalue weighted by atomic mass is 32.1. The van der Waals surface area contributed by atoms with Crippen molar-refractivity contribution in [2.45, 2.75) is 67.0 Å². The molecular formula is C20H36N4O3S. The van der Waals surface area contributed by atoms with Gasteiger partial charge in [-0.25, -0.2) is 9.78 Å². The van der Waals surface area contributed by atoms with Crippen molar-refractivity contribution in [3.8, 4) is 0 Å². The van der Waals surface area contributed by atoms with Gasteiger partial charge >= 0.3 is 5.97 Å². The molecule has 0 bridgehead atoms. The number of ether oxygens (including phenoxy) is 2. The van der Waals surface area contributed by atoms with Gasteiger partial charge in [0, 0.05) is 19.7 Å². The van der Waals surface area contributed by atoms with Gasteiger partial charge in [0.15, 0.2) is 5.96 Å². The van der Waals surface area contributed by atoms with Gasteiger partial charge < -0.3 is 20.1 Å². The van der Waals surface area contributed by atoms with Gasteiger partial charge in [-0.05, 0) is 47.0 Å². The molecule has 2 N–H and O–H groups in total. The largest absolute Gasteiger partial charge is 0.462 e. The Hall–Kier alpha value is -1.67. The first-order valence-corrected chi connectivity index (χ1v) is 11.0. The highest BCUT2D eigenvalue weighted by Gasteiger charge is 2.20. The number of guanidine groups is 1. The molecule has 28 heavy (non-hydrogen) atoms. The van der Waals surface area contributed by atoms with Crippen LogP contribution in [0, 0.1) is 12.8 Å². The van der Waals surface area contributed by atoms with Crippen LogP contribution in [0.4, 0.5) is 0 Å². The van der Waals surface area contributed by atoms with Crippen molar-refractivity contribution in [2.75, 3.05) is 26.3 Å². The standard InChI is InChI=1S/C20H36N4O3S/c1-8-21-20(22-12-11-16(13(4)5)26-9-2)24-15(7)18-23-14(6)17(28-18)19(25)27-10-3/h13,15-16H,8-12H2,1-7H3,(H2,21,22,24).